The molecule has 0 spiro atoms. The molecule has 1 N–H and O–H groups in total. The molecule has 1 saturated heterocycles. The molecule has 2 aromatic carbocycles. The summed E-state index contributed by atoms with van der Waals surface area (Å²) in [6, 6.07) is 18.6. The van der Waals surface area contributed by atoms with Gasteiger partial charge in [0.25, 0.3) is 0 Å². The number of para-hydroxylation sites is 1. The third-order valence-electron chi connectivity index (χ3n) is 4.32. The smallest absolute Gasteiger partial charge is 0.129 e. The van der Waals surface area contributed by atoms with Crippen molar-refractivity contribution in [2.24, 2.45) is 0 Å². The fourth-order valence-electron chi connectivity index (χ4n) is 2.98. The van der Waals surface area contributed by atoms with Crippen molar-refractivity contribution in [1.82, 2.24) is 20.3 Å². The zero-order valence-electron chi connectivity index (χ0n) is 13.4. The number of rotatable bonds is 5. The Labute approximate surface area is 141 Å². The molecule has 0 saturated carbocycles. The van der Waals surface area contributed by atoms with Gasteiger partial charge in [-0.2, -0.15) is 0 Å². The molecular weight excluding hydrogens is 300 g/mol. The molecule has 0 amide bonds. The van der Waals surface area contributed by atoms with Crippen LogP contribution in [0.2, 0.25) is 0 Å². The molecule has 24 heavy (non-hydrogen) atoms. The van der Waals surface area contributed by atoms with Gasteiger partial charge in [-0.1, -0.05) is 47.7 Å². The molecule has 122 valence electrons. The first kappa shape index (κ1) is 14.9. The molecule has 2 heterocycles. The fourth-order valence-corrected chi connectivity index (χ4v) is 2.98. The summed E-state index contributed by atoms with van der Waals surface area (Å²) in [5, 5.41) is 12.0. The van der Waals surface area contributed by atoms with Crippen LogP contribution >= 0.6 is 0 Å². The van der Waals surface area contributed by atoms with Crippen LogP contribution in [-0.4, -0.2) is 28.1 Å². The van der Waals surface area contributed by atoms with E-state index >= 15 is 0 Å². The zero-order valence-corrected chi connectivity index (χ0v) is 13.4. The van der Waals surface area contributed by atoms with Crippen molar-refractivity contribution in [2.45, 2.75) is 19.1 Å². The molecule has 1 aliphatic heterocycles. The van der Waals surface area contributed by atoms with E-state index in [9.17, 15) is 0 Å². The van der Waals surface area contributed by atoms with Gasteiger partial charge in [-0.3, -0.25) is 0 Å². The van der Waals surface area contributed by atoms with Gasteiger partial charge in [-0.15, -0.1) is 5.10 Å². The van der Waals surface area contributed by atoms with Gasteiger partial charge in [-0.25, -0.2) is 4.68 Å². The Bertz CT molecular complexity index is 794. The predicted octanol–water partition coefficient (Wildman–Crippen LogP) is 3.06. The van der Waals surface area contributed by atoms with E-state index < -0.39 is 0 Å². The first-order valence-corrected chi connectivity index (χ1v) is 8.29. The Morgan fingerprint density at radius 2 is 1.92 bits per heavy atom. The summed E-state index contributed by atoms with van der Waals surface area (Å²) in [5.74, 6) is 0.831. The lowest BCUT2D eigenvalue weighted by Crippen LogP contribution is -2.13. The van der Waals surface area contributed by atoms with E-state index in [1.807, 2.05) is 53.3 Å². The highest BCUT2D eigenvalue weighted by Crippen LogP contribution is 2.29. The topological polar surface area (TPSA) is 52.0 Å². The molecule has 4 rings (SSSR count). The minimum Gasteiger partial charge on any atom is -0.488 e. The molecule has 5 heteroatoms. The standard InChI is InChI=1S/C19H20N4O/c1-2-6-15(7-3-1)14-24-19-9-5-4-8-17(19)18-13-23(22-21-18)16-10-11-20-12-16/h1-9,13,16,20H,10-12,14H2. The van der Waals surface area contributed by atoms with E-state index in [1.54, 1.807) is 0 Å². The number of benzene rings is 2. The number of nitrogens with one attached hydrogen (secondary N) is 1. The van der Waals surface area contributed by atoms with Crippen LogP contribution in [-0.2, 0) is 6.61 Å². The van der Waals surface area contributed by atoms with E-state index in [4.69, 9.17) is 4.74 Å². The van der Waals surface area contributed by atoms with Crippen molar-refractivity contribution in [3.63, 3.8) is 0 Å². The van der Waals surface area contributed by atoms with Crippen LogP contribution in [0.3, 0.4) is 0 Å². The number of hydrogen-bond donors (Lipinski definition) is 1. The normalized spacial score (nSPS) is 17.1. The second-order valence-corrected chi connectivity index (χ2v) is 6.00. The summed E-state index contributed by atoms with van der Waals surface area (Å²) in [5.41, 5.74) is 2.98. The first-order chi connectivity index (χ1) is 11.9. The number of hydrogen-bond acceptors (Lipinski definition) is 4. The number of nitrogens with zero attached hydrogens (tertiary/aromatic N) is 3. The minimum atomic E-state index is 0.392. The SMILES string of the molecule is c1ccc(COc2ccccc2-c2cn(C3CCNC3)nn2)cc1. The largest absolute Gasteiger partial charge is 0.488 e. The Balaban J connectivity index is 1.55. The highest BCUT2D eigenvalue weighted by molar-refractivity contribution is 5.66. The lowest BCUT2D eigenvalue weighted by molar-refractivity contribution is 0.307. The van der Waals surface area contributed by atoms with E-state index in [-0.39, 0.29) is 0 Å². The molecule has 0 bridgehead atoms. The molecule has 3 aromatic rings. The minimum absolute atomic E-state index is 0.392. The van der Waals surface area contributed by atoms with Crippen LogP contribution in [0.5, 0.6) is 5.75 Å². The molecule has 1 fully saturated rings. The van der Waals surface area contributed by atoms with Crippen molar-refractivity contribution in [3.8, 4) is 17.0 Å². The Morgan fingerprint density at radius 1 is 1.08 bits per heavy atom. The summed E-state index contributed by atoms with van der Waals surface area (Å²) in [4.78, 5) is 0. The van der Waals surface area contributed by atoms with Crippen LogP contribution in [0, 0.1) is 0 Å². The second kappa shape index (κ2) is 6.84. The molecule has 1 aliphatic rings. The average Bonchev–Trinajstić information content (AvgIpc) is 3.32. The molecule has 1 aromatic heterocycles. The van der Waals surface area contributed by atoms with Crippen molar-refractivity contribution < 1.29 is 4.74 Å². The van der Waals surface area contributed by atoms with Crippen molar-refractivity contribution in [2.75, 3.05) is 13.1 Å². The van der Waals surface area contributed by atoms with Gasteiger partial charge in [0.1, 0.15) is 18.1 Å². The molecule has 0 aliphatic carbocycles. The quantitative estimate of drug-likeness (QED) is 0.785. The first-order valence-electron chi connectivity index (χ1n) is 8.29. The maximum absolute atomic E-state index is 6.02. The molecule has 0 radical (unpaired) electrons. The second-order valence-electron chi connectivity index (χ2n) is 6.00. The number of aromatic nitrogens is 3. The monoisotopic (exact) mass is 320 g/mol. The lowest BCUT2D eigenvalue weighted by Gasteiger charge is -2.10. The molecule has 1 atom stereocenters. The van der Waals surface area contributed by atoms with Gasteiger partial charge < -0.3 is 10.1 Å². The van der Waals surface area contributed by atoms with Crippen molar-refractivity contribution in [1.29, 1.82) is 0 Å². The van der Waals surface area contributed by atoms with Gasteiger partial charge in [0.2, 0.25) is 0 Å². The number of ether oxygens (including phenoxy) is 1. The zero-order chi connectivity index (χ0) is 16.2. The average molecular weight is 320 g/mol. The van der Waals surface area contributed by atoms with Crippen LogP contribution < -0.4 is 10.1 Å². The Kier molecular flexibility index (Phi) is 4.25. The van der Waals surface area contributed by atoms with Gasteiger partial charge >= 0.3 is 0 Å². The fraction of sp³-hybridized carbons (Fsp3) is 0.263. The maximum Gasteiger partial charge on any atom is 0.129 e. The van der Waals surface area contributed by atoms with Crippen LogP contribution in [0.4, 0.5) is 0 Å². The van der Waals surface area contributed by atoms with E-state index in [0.29, 0.717) is 12.6 Å². The third-order valence-corrected chi connectivity index (χ3v) is 4.32. The summed E-state index contributed by atoms with van der Waals surface area (Å²) >= 11 is 0. The molecule has 5 nitrogen and oxygen atoms in total. The van der Waals surface area contributed by atoms with Crippen LogP contribution in [0.1, 0.15) is 18.0 Å². The predicted molar refractivity (Wildman–Crippen MR) is 92.8 cm³/mol. The van der Waals surface area contributed by atoms with Crippen molar-refractivity contribution in [3.05, 3.63) is 66.4 Å². The summed E-state index contributed by atoms with van der Waals surface area (Å²) in [6.45, 7) is 2.53. The van der Waals surface area contributed by atoms with Gasteiger partial charge in [0.15, 0.2) is 0 Å². The Hall–Kier alpha value is -2.66. The van der Waals surface area contributed by atoms with E-state index in [0.717, 1.165) is 42.1 Å². The summed E-state index contributed by atoms with van der Waals surface area (Å²) < 4.78 is 7.98. The van der Waals surface area contributed by atoms with Crippen LogP contribution in [0.15, 0.2) is 60.8 Å². The Morgan fingerprint density at radius 3 is 2.75 bits per heavy atom. The summed E-state index contributed by atoms with van der Waals surface area (Å²) in [6.07, 6.45) is 3.11. The highest BCUT2D eigenvalue weighted by Gasteiger charge is 2.19. The van der Waals surface area contributed by atoms with Crippen molar-refractivity contribution >= 4 is 0 Å². The van der Waals surface area contributed by atoms with E-state index in [2.05, 4.69) is 27.8 Å². The van der Waals surface area contributed by atoms with Gasteiger partial charge in [0, 0.05) is 12.1 Å². The lowest BCUT2D eigenvalue weighted by atomic mass is 10.1. The molecular formula is C19H20N4O. The van der Waals surface area contributed by atoms with Gasteiger partial charge in [-0.05, 0) is 30.7 Å². The van der Waals surface area contributed by atoms with Crippen LogP contribution in [0.25, 0.3) is 11.3 Å². The maximum atomic E-state index is 6.02. The summed E-state index contributed by atoms with van der Waals surface area (Å²) in [7, 11) is 0. The highest BCUT2D eigenvalue weighted by atomic mass is 16.5. The molecule has 1 unspecified atom stereocenters. The van der Waals surface area contributed by atoms with E-state index in [1.165, 1.54) is 0 Å². The third kappa shape index (κ3) is 3.16. The van der Waals surface area contributed by atoms with Gasteiger partial charge in [0.05, 0.1) is 12.2 Å².